The average Bonchev–Trinajstić information content (AvgIpc) is 3.55. The van der Waals surface area contributed by atoms with Gasteiger partial charge in [-0.25, -0.2) is 4.79 Å². The standard InChI is InChI=1S/C31H26N2O4S/c1-5-33-26-12-9-21(30(35)28-7-6-14-38-28)16-24(26)25-17-22(10-13-27(25)33)31(36)29(32-37-20(4)34)23-11-8-18(2)15-19(23)3/h6-17H,5H2,1-4H3/b32-29+. The van der Waals surface area contributed by atoms with Crippen molar-refractivity contribution in [1.29, 1.82) is 0 Å². The fraction of sp³-hybridized carbons (Fsp3) is 0.161. The van der Waals surface area contributed by atoms with E-state index in [0.717, 1.165) is 39.5 Å². The summed E-state index contributed by atoms with van der Waals surface area (Å²) in [5.74, 6) is -0.995. The molecular formula is C31H26N2O4S. The van der Waals surface area contributed by atoms with E-state index >= 15 is 0 Å². The molecule has 3 aromatic carbocycles. The molecule has 5 aromatic rings. The van der Waals surface area contributed by atoms with Crippen LogP contribution in [-0.4, -0.2) is 27.8 Å². The summed E-state index contributed by atoms with van der Waals surface area (Å²) in [6.45, 7) is 7.90. The van der Waals surface area contributed by atoms with Gasteiger partial charge in [-0.3, -0.25) is 9.59 Å². The SMILES string of the molecule is CCn1c2ccc(C(=O)/C(=N/OC(C)=O)c3ccc(C)cc3C)cc2c2cc(C(=O)c3cccs3)ccc21. The first-order chi connectivity index (χ1) is 18.3. The Labute approximate surface area is 224 Å². The minimum absolute atomic E-state index is 0.0304. The van der Waals surface area contributed by atoms with Crippen molar-refractivity contribution in [2.75, 3.05) is 0 Å². The smallest absolute Gasteiger partial charge is 0.332 e. The van der Waals surface area contributed by atoms with Crippen LogP contribution in [0.1, 0.15) is 56.1 Å². The van der Waals surface area contributed by atoms with Crippen molar-refractivity contribution in [3.05, 3.63) is 105 Å². The second kappa shape index (κ2) is 10.2. The molecular weight excluding hydrogens is 496 g/mol. The van der Waals surface area contributed by atoms with E-state index in [1.165, 1.54) is 18.3 Å². The molecule has 6 nitrogen and oxygen atoms in total. The first-order valence-corrected chi connectivity index (χ1v) is 13.2. The van der Waals surface area contributed by atoms with Crippen molar-refractivity contribution in [3.63, 3.8) is 0 Å². The second-order valence-corrected chi connectivity index (χ2v) is 10.1. The maximum Gasteiger partial charge on any atom is 0.332 e. The number of aromatic nitrogens is 1. The third-order valence-electron chi connectivity index (χ3n) is 6.57. The summed E-state index contributed by atoms with van der Waals surface area (Å²) >= 11 is 1.41. The highest BCUT2D eigenvalue weighted by Crippen LogP contribution is 2.32. The molecule has 190 valence electrons. The summed E-state index contributed by atoms with van der Waals surface area (Å²) in [6, 6.07) is 20.6. The number of ketones is 2. The topological polar surface area (TPSA) is 77.7 Å². The summed E-state index contributed by atoms with van der Waals surface area (Å²) in [5.41, 5.74) is 5.51. The predicted molar refractivity (Wildman–Crippen MR) is 151 cm³/mol. The molecule has 0 saturated heterocycles. The van der Waals surface area contributed by atoms with Gasteiger partial charge >= 0.3 is 5.97 Å². The Kier molecular flexibility index (Phi) is 6.78. The van der Waals surface area contributed by atoms with E-state index in [1.54, 1.807) is 6.07 Å². The van der Waals surface area contributed by atoms with E-state index in [4.69, 9.17) is 4.84 Å². The highest BCUT2D eigenvalue weighted by atomic mass is 32.1. The number of fused-ring (bicyclic) bond motifs is 3. The lowest BCUT2D eigenvalue weighted by molar-refractivity contribution is -0.140. The molecule has 0 aliphatic heterocycles. The van der Waals surface area contributed by atoms with Gasteiger partial charge < -0.3 is 9.40 Å². The summed E-state index contributed by atoms with van der Waals surface area (Å²) in [4.78, 5) is 44.0. The lowest BCUT2D eigenvalue weighted by Gasteiger charge is -2.10. The molecule has 0 saturated carbocycles. The molecule has 5 rings (SSSR count). The van der Waals surface area contributed by atoms with E-state index < -0.39 is 5.97 Å². The highest BCUT2D eigenvalue weighted by Gasteiger charge is 2.22. The number of Topliss-reactive ketones (excluding diaryl/α,β-unsaturated/α-hetero) is 1. The molecule has 0 aliphatic carbocycles. The second-order valence-electron chi connectivity index (χ2n) is 9.18. The number of hydrogen-bond donors (Lipinski definition) is 0. The van der Waals surface area contributed by atoms with Gasteiger partial charge in [-0.1, -0.05) is 35.0 Å². The van der Waals surface area contributed by atoms with E-state index in [2.05, 4.69) is 16.6 Å². The Bertz CT molecular complexity index is 1760. The van der Waals surface area contributed by atoms with Crippen molar-refractivity contribution < 1.29 is 19.2 Å². The third kappa shape index (κ3) is 4.57. The Balaban J connectivity index is 1.66. The zero-order chi connectivity index (χ0) is 27.0. The quantitative estimate of drug-likeness (QED) is 0.101. The van der Waals surface area contributed by atoms with Crippen LogP contribution in [0.2, 0.25) is 0 Å². The van der Waals surface area contributed by atoms with Crippen molar-refractivity contribution >= 4 is 56.4 Å². The van der Waals surface area contributed by atoms with E-state index in [9.17, 15) is 14.4 Å². The predicted octanol–water partition coefficient (Wildman–Crippen LogP) is 6.87. The fourth-order valence-corrected chi connectivity index (χ4v) is 5.50. The van der Waals surface area contributed by atoms with E-state index in [-0.39, 0.29) is 17.3 Å². The number of rotatable bonds is 7. The number of benzene rings is 3. The Morgan fingerprint density at radius 1 is 0.895 bits per heavy atom. The van der Waals surface area contributed by atoms with Crippen molar-refractivity contribution in [3.8, 4) is 0 Å². The van der Waals surface area contributed by atoms with E-state index in [1.807, 2.05) is 79.9 Å². The number of carbonyl (C=O) groups excluding carboxylic acids is 3. The van der Waals surface area contributed by atoms with Crippen LogP contribution in [0.15, 0.2) is 77.3 Å². The molecule has 0 aliphatic rings. The van der Waals surface area contributed by atoms with Crippen LogP contribution >= 0.6 is 11.3 Å². The van der Waals surface area contributed by atoms with Crippen molar-refractivity contribution in [1.82, 2.24) is 4.57 Å². The van der Waals surface area contributed by atoms with Crippen LogP contribution in [0.25, 0.3) is 21.8 Å². The van der Waals surface area contributed by atoms with Gasteiger partial charge in [-0.2, -0.15) is 0 Å². The molecule has 0 fully saturated rings. The molecule has 2 heterocycles. The van der Waals surface area contributed by atoms with Crippen molar-refractivity contribution in [2.24, 2.45) is 5.16 Å². The van der Waals surface area contributed by atoms with Gasteiger partial charge in [-0.05, 0) is 74.2 Å². The normalized spacial score (nSPS) is 11.7. The molecule has 0 unspecified atom stereocenters. The molecule has 0 amide bonds. The van der Waals surface area contributed by atoms with Crippen LogP contribution in [0, 0.1) is 13.8 Å². The number of hydrogen-bond acceptors (Lipinski definition) is 6. The Morgan fingerprint density at radius 3 is 2.18 bits per heavy atom. The number of aryl methyl sites for hydroxylation is 3. The molecule has 0 N–H and O–H groups in total. The lowest BCUT2D eigenvalue weighted by atomic mass is 9.95. The van der Waals surface area contributed by atoms with Gasteiger partial charge in [0.2, 0.25) is 11.6 Å². The van der Waals surface area contributed by atoms with Crippen molar-refractivity contribution in [2.45, 2.75) is 34.2 Å². The summed E-state index contributed by atoms with van der Waals surface area (Å²) in [6.07, 6.45) is 0. The molecule has 2 aromatic heterocycles. The lowest BCUT2D eigenvalue weighted by Crippen LogP contribution is -2.18. The Morgan fingerprint density at radius 2 is 1.58 bits per heavy atom. The first kappa shape index (κ1) is 25.3. The molecule has 38 heavy (non-hydrogen) atoms. The van der Waals surface area contributed by atoms with E-state index in [0.29, 0.717) is 21.6 Å². The monoisotopic (exact) mass is 522 g/mol. The van der Waals surface area contributed by atoms with Crippen LogP contribution in [-0.2, 0) is 16.2 Å². The van der Waals surface area contributed by atoms with Crippen LogP contribution in [0.4, 0.5) is 0 Å². The van der Waals surface area contributed by atoms with Gasteiger partial charge in [0.15, 0.2) is 5.71 Å². The zero-order valence-electron chi connectivity index (χ0n) is 21.6. The zero-order valence-corrected chi connectivity index (χ0v) is 22.4. The van der Waals surface area contributed by atoms with Crippen LogP contribution < -0.4 is 0 Å². The summed E-state index contributed by atoms with van der Waals surface area (Å²) in [5, 5.41) is 7.60. The fourth-order valence-electron chi connectivity index (χ4n) is 4.82. The van der Waals surface area contributed by atoms with Crippen LogP contribution in [0.5, 0.6) is 0 Å². The summed E-state index contributed by atoms with van der Waals surface area (Å²) in [7, 11) is 0. The highest BCUT2D eigenvalue weighted by molar-refractivity contribution is 7.12. The molecule has 0 bridgehead atoms. The van der Waals surface area contributed by atoms with Gasteiger partial charge in [0.1, 0.15) is 0 Å². The number of nitrogens with zero attached hydrogens (tertiary/aromatic N) is 2. The average molecular weight is 523 g/mol. The molecule has 7 heteroatoms. The van der Waals surface area contributed by atoms with Gasteiger partial charge in [0, 0.05) is 52.0 Å². The molecule has 0 radical (unpaired) electrons. The minimum atomic E-state index is -0.607. The van der Waals surface area contributed by atoms with Gasteiger partial charge in [0.05, 0.1) is 4.88 Å². The van der Waals surface area contributed by atoms with Gasteiger partial charge in [-0.15, -0.1) is 11.3 Å². The maximum absolute atomic E-state index is 13.8. The largest absolute Gasteiger partial charge is 0.341 e. The van der Waals surface area contributed by atoms with Crippen LogP contribution in [0.3, 0.4) is 0 Å². The molecule has 0 atom stereocenters. The Hall–Kier alpha value is -4.36. The number of oxime groups is 1. The molecule has 0 spiro atoms. The minimum Gasteiger partial charge on any atom is -0.341 e. The third-order valence-corrected chi connectivity index (χ3v) is 7.44. The van der Waals surface area contributed by atoms with Gasteiger partial charge in [0.25, 0.3) is 0 Å². The first-order valence-electron chi connectivity index (χ1n) is 12.3. The maximum atomic E-state index is 13.8. The summed E-state index contributed by atoms with van der Waals surface area (Å²) < 4.78 is 2.16. The number of thiophene rings is 1. The number of carbonyl (C=O) groups is 3.